The Morgan fingerprint density at radius 2 is 2.36 bits per heavy atom. The summed E-state index contributed by atoms with van der Waals surface area (Å²) in [6.07, 6.45) is 0. The summed E-state index contributed by atoms with van der Waals surface area (Å²) in [4.78, 5) is 4.01. The molecule has 0 spiro atoms. The largest absolute Gasteiger partial charge is 0.370 e. The van der Waals surface area contributed by atoms with Gasteiger partial charge in [-0.05, 0) is 41.1 Å². The van der Waals surface area contributed by atoms with E-state index in [1.165, 1.54) is 0 Å². The van der Waals surface area contributed by atoms with E-state index in [-0.39, 0.29) is 0 Å². The molecular formula is C9H11BrClN3. The third kappa shape index (κ3) is 3.20. The summed E-state index contributed by atoms with van der Waals surface area (Å²) in [6, 6.07) is 5.43. The van der Waals surface area contributed by atoms with Crippen LogP contribution < -0.4 is 11.1 Å². The van der Waals surface area contributed by atoms with Gasteiger partial charge in [0.1, 0.15) is 0 Å². The number of nitrogens with one attached hydrogen (secondary N) is 1. The van der Waals surface area contributed by atoms with E-state index < -0.39 is 0 Å². The van der Waals surface area contributed by atoms with Crippen molar-refractivity contribution < 1.29 is 0 Å². The number of benzene rings is 1. The molecule has 0 unspecified atom stereocenters. The topological polar surface area (TPSA) is 50.4 Å². The van der Waals surface area contributed by atoms with Crippen LogP contribution in [0.15, 0.2) is 27.7 Å². The molecule has 0 heterocycles. The minimum atomic E-state index is 0.385. The first-order valence-electron chi connectivity index (χ1n) is 4.15. The quantitative estimate of drug-likeness (QED) is 0.644. The summed E-state index contributed by atoms with van der Waals surface area (Å²) < 4.78 is 0.899. The number of hydrogen-bond acceptors (Lipinski definition) is 1. The molecule has 0 fully saturated rings. The van der Waals surface area contributed by atoms with Crippen molar-refractivity contribution in [1.29, 1.82) is 0 Å². The zero-order chi connectivity index (χ0) is 10.6. The molecular weight excluding hydrogens is 265 g/mol. The van der Waals surface area contributed by atoms with Gasteiger partial charge in [-0.15, -0.1) is 0 Å². The lowest BCUT2D eigenvalue weighted by Gasteiger charge is -2.07. The molecule has 1 rings (SSSR count). The molecule has 0 amide bonds. The van der Waals surface area contributed by atoms with Crippen LogP contribution in [0.3, 0.4) is 0 Å². The number of anilines is 1. The van der Waals surface area contributed by atoms with Gasteiger partial charge in [0.25, 0.3) is 0 Å². The van der Waals surface area contributed by atoms with E-state index in [1.54, 1.807) is 12.1 Å². The fourth-order valence-corrected chi connectivity index (χ4v) is 1.46. The second-order valence-electron chi connectivity index (χ2n) is 2.61. The molecule has 14 heavy (non-hydrogen) atoms. The van der Waals surface area contributed by atoms with E-state index in [0.29, 0.717) is 17.5 Å². The van der Waals surface area contributed by atoms with Crippen molar-refractivity contribution in [2.45, 2.75) is 6.92 Å². The molecule has 1 aromatic rings. The third-order valence-corrected chi connectivity index (χ3v) is 2.45. The number of aliphatic imine (C=N–C) groups is 1. The number of hydrogen-bond donors (Lipinski definition) is 2. The standard InChI is InChI=1S/C9H11BrClN3/c1-2-13-9(12)14-8-5-6(11)3-4-7(8)10/h3-5H,2H2,1H3,(H3,12,13,14). The number of nitrogens with two attached hydrogens (primary N) is 1. The molecule has 0 saturated heterocycles. The molecule has 0 radical (unpaired) electrons. The highest BCUT2D eigenvalue weighted by atomic mass is 79.9. The van der Waals surface area contributed by atoms with E-state index in [1.807, 2.05) is 13.0 Å². The summed E-state index contributed by atoms with van der Waals surface area (Å²) in [5, 5.41) is 3.60. The number of nitrogens with zero attached hydrogens (tertiary/aromatic N) is 1. The predicted molar refractivity (Wildman–Crippen MR) is 64.9 cm³/mol. The van der Waals surface area contributed by atoms with Crippen LogP contribution in [-0.4, -0.2) is 12.5 Å². The molecule has 1 aromatic carbocycles. The van der Waals surface area contributed by atoms with Crippen molar-refractivity contribution >= 4 is 39.2 Å². The van der Waals surface area contributed by atoms with Crippen LogP contribution in [0.25, 0.3) is 0 Å². The Bertz CT molecular complexity index is 352. The minimum Gasteiger partial charge on any atom is -0.370 e. The van der Waals surface area contributed by atoms with Crippen molar-refractivity contribution in [2.75, 3.05) is 11.9 Å². The number of halogens is 2. The molecule has 3 nitrogen and oxygen atoms in total. The molecule has 0 saturated carbocycles. The maximum atomic E-state index is 5.84. The molecule has 0 aliphatic heterocycles. The maximum Gasteiger partial charge on any atom is 0.193 e. The summed E-state index contributed by atoms with van der Waals surface area (Å²) in [7, 11) is 0. The Kier molecular flexibility index (Phi) is 4.22. The average molecular weight is 277 g/mol. The highest BCUT2D eigenvalue weighted by Gasteiger charge is 2.01. The number of guanidine groups is 1. The first-order chi connectivity index (χ1) is 6.63. The zero-order valence-corrected chi connectivity index (χ0v) is 10.1. The fourth-order valence-electron chi connectivity index (χ4n) is 0.941. The Balaban J connectivity index is 2.85. The van der Waals surface area contributed by atoms with E-state index in [4.69, 9.17) is 17.3 Å². The van der Waals surface area contributed by atoms with E-state index in [0.717, 1.165) is 10.2 Å². The summed E-state index contributed by atoms with van der Waals surface area (Å²) in [5.74, 6) is 0.385. The second kappa shape index (κ2) is 5.22. The highest BCUT2D eigenvalue weighted by Crippen LogP contribution is 2.25. The fraction of sp³-hybridized carbons (Fsp3) is 0.222. The Morgan fingerprint density at radius 1 is 1.64 bits per heavy atom. The third-order valence-electron chi connectivity index (χ3n) is 1.52. The van der Waals surface area contributed by atoms with Crippen molar-refractivity contribution in [3.8, 4) is 0 Å². The predicted octanol–water partition coefficient (Wildman–Crippen LogP) is 2.85. The van der Waals surface area contributed by atoms with Gasteiger partial charge in [0, 0.05) is 16.0 Å². The van der Waals surface area contributed by atoms with E-state index in [9.17, 15) is 0 Å². The van der Waals surface area contributed by atoms with Gasteiger partial charge >= 0.3 is 0 Å². The van der Waals surface area contributed by atoms with Crippen LogP contribution in [0, 0.1) is 0 Å². The Morgan fingerprint density at radius 3 is 3.00 bits per heavy atom. The van der Waals surface area contributed by atoms with Gasteiger partial charge in [-0.1, -0.05) is 11.6 Å². The lowest BCUT2D eigenvalue weighted by atomic mass is 10.3. The average Bonchev–Trinajstić information content (AvgIpc) is 2.12. The van der Waals surface area contributed by atoms with Gasteiger partial charge in [0.05, 0.1) is 5.69 Å². The van der Waals surface area contributed by atoms with Crippen molar-refractivity contribution in [3.05, 3.63) is 27.7 Å². The van der Waals surface area contributed by atoms with Crippen LogP contribution in [0.2, 0.25) is 5.02 Å². The zero-order valence-electron chi connectivity index (χ0n) is 7.72. The van der Waals surface area contributed by atoms with Gasteiger partial charge in [0.15, 0.2) is 5.96 Å². The Labute approximate surface area is 96.5 Å². The first kappa shape index (κ1) is 11.3. The monoisotopic (exact) mass is 275 g/mol. The molecule has 0 aliphatic rings. The molecule has 0 aromatic heterocycles. The lowest BCUT2D eigenvalue weighted by Crippen LogP contribution is -2.22. The Hall–Kier alpha value is -0.740. The maximum absolute atomic E-state index is 5.84. The summed E-state index contributed by atoms with van der Waals surface area (Å²) >= 11 is 9.21. The normalized spacial score (nSPS) is 11.5. The van der Waals surface area contributed by atoms with Crippen molar-refractivity contribution in [3.63, 3.8) is 0 Å². The van der Waals surface area contributed by atoms with E-state index in [2.05, 4.69) is 26.2 Å². The van der Waals surface area contributed by atoms with Gasteiger partial charge in [0.2, 0.25) is 0 Å². The van der Waals surface area contributed by atoms with Crippen LogP contribution in [-0.2, 0) is 0 Å². The van der Waals surface area contributed by atoms with Gasteiger partial charge in [-0.3, -0.25) is 4.99 Å². The molecule has 0 atom stereocenters. The second-order valence-corrected chi connectivity index (χ2v) is 3.90. The number of rotatable bonds is 2. The van der Waals surface area contributed by atoms with Gasteiger partial charge < -0.3 is 11.1 Å². The van der Waals surface area contributed by atoms with Crippen molar-refractivity contribution in [2.24, 2.45) is 10.7 Å². The summed E-state index contributed by atoms with van der Waals surface area (Å²) in [6.45, 7) is 2.57. The smallest absolute Gasteiger partial charge is 0.193 e. The van der Waals surface area contributed by atoms with Crippen LogP contribution >= 0.6 is 27.5 Å². The molecule has 76 valence electrons. The van der Waals surface area contributed by atoms with Crippen LogP contribution in [0.5, 0.6) is 0 Å². The van der Waals surface area contributed by atoms with Crippen molar-refractivity contribution in [1.82, 2.24) is 0 Å². The highest BCUT2D eigenvalue weighted by molar-refractivity contribution is 9.10. The molecule has 0 aliphatic carbocycles. The molecule has 3 N–H and O–H groups in total. The van der Waals surface area contributed by atoms with Crippen LogP contribution in [0.4, 0.5) is 5.69 Å². The van der Waals surface area contributed by atoms with Gasteiger partial charge in [-0.25, -0.2) is 0 Å². The van der Waals surface area contributed by atoms with Crippen LogP contribution in [0.1, 0.15) is 6.92 Å². The van der Waals surface area contributed by atoms with Gasteiger partial charge in [-0.2, -0.15) is 0 Å². The minimum absolute atomic E-state index is 0.385. The van der Waals surface area contributed by atoms with E-state index >= 15 is 0 Å². The molecule has 5 heteroatoms. The first-order valence-corrected chi connectivity index (χ1v) is 5.32. The molecule has 0 bridgehead atoms. The summed E-state index contributed by atoms with van der Waals surface area (Å²) in [5.41, 5.74) is 6.42. The lowest BCUT2D eigenvalue weighted by molar-refractivity contribution is 1.12. The SMILES string of the molecule is CCN=C(N)Nc1cc(Cl)ccc1Br.